The summed E-state index contributed by atoms with van der Waals surface area (Å²) >= 11 is 0. The number of ether oxygens (including phenoxy) is 1. The van der Waals surface area contributed by atoms with Crippen LogP contribution in [0.4, 0.5) is 15.8 Å². The van der Waals surface area contributed by atoms with Gasteiger partial charge in [-0.25, -0.2) is 9.29 Å². The molecule has 6 heteroatoms. The highest BCUT2D eigenvalue weighted by Gasteiger charge is 2.40. The second kappa shape index (κ2) is 9.06. The monoisotopic (exact) mass is 430 g/mol. The Morgan fingerprint density at radius 2 is 1.59 bits per heavy atom. The number of rotatable bonds is 7. The Labute approximate surface area is 186 Å². The van der Waals surface area contributed by atoms with E-state index in [2.05, 4.69) is 5.32 Å². The molecule has 0 unspecified atom stereocenters. The molecular formula is C26H23FN2O3. The molecule has 1 aliphatic rings. The molecule has 2 amide bonds. The van der Waals surface area contributed by atoms with E-state index in [1.54, 1.807) is 24.3 Å². The van der Waals surface area contributed by atoms with Crippen molar-refractivity contribution in [3.63, 3.8) is 0 Å². The van der Waals surface area contributed by atoms with Crippen molar-refractivity contribution in [1.82, 2.24) is 0 Å². The molecule has 0 aliphatic carbocycles. The van der Waals surface area contributed by atoms with Crippen LogP contribution in [0, 0.1) is 12.7 Å². The lowest BCUT2D eigenvalue weighted by atomic mass is 10.0. The molecule has 0 radical (unpaired) electrons. The van der Waals surface area contributed by atoms with Crippen molar-refractivity contribution >= 4 is 28.8 Å². The summed E-state index contributed by atoms with van der Waals surface area (Å²) in [6.45, 7) is 4.54. The molecule has 1 heterocycles. The Morgan fingerprint density at radius 3 is 2.25 bits per heavy atom. The third-order valence-corrected chi connectivity index (χ3v) is 5.19. The average Bonchev–Trinajstić information content (AvgIpc) is 3.04. The smallest absolute Gasteiger partial charge is 0.282 e. The number of carbonyl (C=O) groups excluding carboxylic acids is 2. The first-order valence-corrected chi connectivity index (χ1v) is 10.4. The van der Waals surface area contributed by atoms with E-state index in [4.69, 9.17) is 4.74 Å². The van der Waals surface area contributed by atoms with E-state index < -0.39 is 17.6 Å². The third kappa shape index (κ3) is 4.12. The highest BCUT2D eigenvalue weighted by atomic mass is 19.1. The quantitative estimate of drug-likeness (QED) is 0.516. The van der Waals surface area contributed by atoms with Crippen LogP contribution < -0.4 is 15.0 Å². The Bertz CT molecular complexity index is 1180. The summed E-state index contributed by atoms with van der Waals surface area (Å²) in [6.07, 6.45) is 0.886. The molecule has 0 aromatic heterocycles. The topological polar surface area (TPSA) is 58.6 Å². The fourth-order valence-electron chi connectivity index (χ4n) is 3.52. The van der Waals surface area contributed by atoms with Crippen LogP contribution in [0.2, 0.25) is 0 Å². The number of carbonyl (C=O) groups is 2. The summed E-state index contributed by atoms with van der Waals surface area (Å²) in [4.78, 5) is 27.9. The zero-order valence-electron chi connectivity index (χ0n) is 17.9. The Hall–Kier alpha value is -3.93. The first kappa shape index (κ1) is 21.3. The van der Waals surface area contributed by atoms with E-state index in [0.717, 1.165) is 22.6 Å². The predicted octanol–water partition coefficient (Wildman–Crippen LogP) is 5.32. The summed E-state index contributed by atoms with van der Waals surface area (Å²) in [6, 6.07) is 19.9. The van der Waals surface area contributed by atoms with Crippen molar-refractivity contribution in [1.29, 1.82) is 0 Å². The maximum absolute atomic E-state index is 13.4. The lowest BCUT2D eigenvalue weighted by Crippen LogP contribution is -2.32. The standard InChI is InChI=1S/C26H23FN2O3/c1-3-16-32-21-14-8-18(9-15-21)23-24(28-22-7-5-4-6-17(22)2)26(31)29(25(23)30)20-12-10-19(27)11-13-20/h4-15,28H,3,16H2,1-2H3. The number of amides is 2. The summed E-state index contributed by atoms with van der Waals surface area (Å²) in [5, 5.41) is 3.16. The van der Waals surface area contributed by atoms with Gasteiger partial charge in [-0.3, -0.25) is 9.59 Å². The van der Waals surface area contributed by atoms with Crippen LogP contribution in [0.3, 0.4) is 0 Å². The Kier molecular flexibility index (Phi) is 6.03. The fraction of sp³-hybridized carbons (Fsp3) is 0.154. The van der Waals surface area contributed by atoms with Crippen molar-refractivity contribution in [3.8, 4) is 5.75 Å². The van der Waals surface area contributed by atoms with Crippen molar-refractivity contribution in [2.75, 3.05) is 16.8 Å². The van der Waals surface area contributed by atoms with Crippen LogP contribution in [0.15, 0.2) is 78.5 Å². The summed E-state index contributed by atoms with van der Waals surface area (Å²) in [5.41, 5.74) is 2.99. The minimum Gasteiger partial charge on any atom is -0.494 e. The van der Waals surface area contributed by atoms with Crippen LogP contribution in [0.1, 0.15) is 24.5 Å². The second-order valence-electron chi connectivity index (χ2n) is 7.48. The van der Waals surface area contributed by atoms with Gasteiger partial charge in [0.25, 0.3) is 11.8 Å². The number of aryl methyl sites for hydroxylation is 1. The molecule has 4 rings (SSSR count). The molecular weight excluding hydrogens is 407 g/mol. The van der Waals surface area contributed by atoms with Gasteiger partial charge in [0.05, 0.1) is 17.9 Å². The highest BCUT2D eigenvalue weighted by molar-refractivity contribution is 6.46. The molecule has 162 valence electrons. The number of nitrogens with one attached hydrogen (secondary N) is 1. The number of nitrogens with zero attached hydrogens (tertiary/aromatic N) is 1. The molecule has 0 saturated heterocycles. The van der Waals surface area contributed by atoms with Gasteiger partial charge in [0.2, 0.25) is 0 Å². The van der Waals surface area contributed by atoms with Gasteiger partial charge in [0.15, 0.2) is 0 Å². The van der Waals surface area contributed by atoms with Gasteiger partial charge in [-0.15, -0.1) is 0 Å². The maximum atomic E-state index is 13.4. The molecule has 1 N–H and O–H groups in total. The van der Waals surface area contributed by atoms with Crippen molar-refractivity contribution in [2.45, 2.75) is 20.3 Å². The van der Waals surface area contributed by atoms with Gasteiger partial charge in [-0.05, 0) is 66.9 Å². The molecule has 0 spiro atoms. The maximum Gasteiger partial charge on any atom is 0.282 e. The zero-order chi connectivity index (χ0) is 22.7. The lowest BCUT2D eigenvalue weighted by Gasteiger charge is -2.15. The van der Waals surface area contributed by atoms with E-state index >= 15 is 0 Å². The fourth-order valence-corrected chi connectivity index (χ4v) is 3.52. The largest absolute Gasteiger partial charge is 0.494 e. The van der Waals surface area contributed by atoms with Gasteiger partial charge in [-0.2, -0.15) is 0 Å². The van der Waals surface area contributed by atoms with E-state index in [1.807, 2.05) is 38.1 Å². The normalized spacial score (nSPS) is 13.7. The minimum absolute atomic E-state index is 0.177. The Balaban J connectivity index is 1.77. The molecule has 0 fully saturated rings. The first-order chi connectivity index (χ1) is 15.5. The molecule has 0 saturated carbocycles. The summed E-state index contributed by atoms with van der Waals surface area (Å²) < 4.78 is 19.1. The van der Waals surface area contributed by atoms with E-state index in [0.29, 0.717) is 23.6 Å². The molecule has 32 heavy (non-hydrogen) atoms. The number of hydrogen-bond donors (Lipinski definition) is 1. The van der Waals surface area contributed by atoms with Crippen molar-refractivity contribution < 1.29 is 18.7 Å². The number of para-hydroxylation sites is 1. The summed E-state index contributed by atoms with van der Waals surface area (Å²) in [5.74, 6) is -0.718. The molecule has 5 nitrogen and oxygen atoms in total. The molecule has 0 atom stereocenters. The first-order valence-electron chi connectivity index (χ1n) is 10.4. The molecule has 0 bridgehead atoms. The van der Waals surface area contributed by atoms with Crippen LogP contribution in [-0.4, -0.2) is 18.4 Å². The minimum atomic E-state index is -0.494. The zero-order valence-corrected chi connectivity index (χ0v) is 17.9. The predicted molar refractivity (Wildman–Crippen MR) is 123 cm³/mol. The van der Waals surface area contributed by atoms with E-state index in [-0.39, 0.29) is 11.3 Å². The number of anilines is 2. The molecule has 3 aromatic carbocycles. The Morgan fingerprint density at radius 1 is 0.906 bits per heavy atom. The SMILES string of the molecule is CCCOc1ccc(C2=C(Nc3ccccc3C)C(=O)N(c3ccc(F)cc3)C2=O)cc1. The molecule has 3 aromatic rings. The molecule has 1 aliphatic heterocycles. The number of benzene rings is 3. The van der Waals surface area contributed by atoms with Crippen LogP contribution in [-0.2, 0) is 9.59 Å². The van der Waals surface area contributed by atoms with E-state index in [9.17, 15) is 14.0 Å². The van der Waals surface area contributed by atoms with Crippen LogP contribution >= 0.6 is 0 Å². The van der Waals surface area contributed by atoms with E-state index in [1.165, 1.54) is 24.3 Å². The van der Waals surface area contributed by atoms with Gasteiger partial charge in [-0.1, -0.05) is 37.3 Å². The van der Waals surface area contributed by atoms with Crippen LogP contribution in [0.25, 0.3) is 5.57 Å². The van der Waals surface area contributed by atoms with Gasteiger partial charge < -0.3 is 10.1 Å². The van der Waals surface area contributed by atoms with Gasteiger partial charge in [0.1, 0.15) is 17.3 Å². The average molecular weight is 430 g/mol. The van der Waals surface area contributed by atoms with Gasteiger partial charge in [0, 0.05) is 5.69 Å². The summed E-state index contributed by atoms with van der Waals surface area (Å²) in [7, 11) is 0. The lowest BCUT2D eigenvalue weighted by molar-refractivity contribution is -0.120. The van der Waals surface area contributed by atoms with Crippen LogP contribution in [0.5, 0.6) is 5.75 Å². The second-order valence-corrected chi connectivity index (χ2v) is 7.48. The highest BCUT2D eigenvalue weighted by Crippen LogP contribution is 2.34. The number of imide groups is 1. The number of halogens is 1. The third-order valence-electron chi connectivity index (χ3n) is 5.19. The number of hydrogen-bond acceptors (Lipinski definition) is 4. The van der Waals surface area contributed by atoms with Crippen molar-refractivity contribution in [2.24, 2.45) is 0 Å². The van der Waals surface area contributed by atoms with Gasteiger partial charge >= 0.3 is 0 Å². The van der Waals surface area contributed by atoms with Crippen molar-refractivity contribution in [3.05, 3.63) is 95.4 Å².